The monoisotopic (exact) mass is 266 g/mol. The normalized spacial score (nSPS) is 34.4. The molecule has 2 atom stereocenters. The van der Waals surface area contributed by atoms with Gasteiger partial charge in [-0.3, -0.25) is 0 Å². The molecule has 2 heteroatoms. The van der Waals surface area contributed by atoms with Crippen LogP contribution in [-0.4, -0.2) is 26.7 Å². The molecular weight excluding hydrogens is 232 g/mol. The highest BCUT2D eigenvalue weighted by atomic mass is 14.9. The lowest BCUT2D eigenvalue weighted by molar-refractivity contribution is 0.0684. The Balaban J connectivity index is 1.59. The Labute approximate surface area is 120 Å². The quantitative estimate of drug-likeness (QED) is 0.656. The van der Waals surface area contributed by atoms with Gasteiger partial charge in [0.2, 0.25) is 0 Å². The Hall–Kier alpha value is -0.0800. The lowest BCUT2D eigenvalue weighted by atomic mass is 9.61. The van der Waals surface area contributed by atoms with Crippen molar-refractivity contribution >= 4 is 0 Å². The lowest BCUT2D eigenvalue weighted by Gasteiger charge is -2.45. The Morgan fingerprint density at radius 1 is 1.00 bits per heavy atom. The largest absolute Gasteiger partial charge is 0.320 e. The van der Waals surface area contributed by atoms with Crippen LogP contribution in [0.15, 0.2) is 0 Å². The summed E-state index contributed by atoms with van der Waals surface area (Å²) in [4.78, 5) is 0. The summed E-state index contributed by atoms with van der Waals surface area (Å²) >= 11 is 0. The van der Waals surface area contributed by atoms with Crippen molar-refractivity contribution in [2.24, 2.45) is 17.3 Å². The second-order valence-electron chi connectivity index (χ2n) is 7.46. The van der Waals surface area contributed by atoms with E-state index in [1.165, 1.54) is 71.0 Å². The van der Waals surface area contributed by atoms with Gasteiger partial charge >= 0.3 is 0 Å². The topological polar surface area (TPSA) is 24.1 Å². The van der Waals surface area contributed by atoms with Gasteiger partial charge in [-0.2, -0.15) is 0 Å². The van der Waals surface area contributed by atoms with Gasteiger partial charge < -0.3 is 10.6 Å². The van der Waals surface area contributed by atoms with Gasteiger partial charge in [-0.1, -0.05) is 32.6 Å². The van der Waals surface area contributed by atoms with Crippen molar-refractivity contribution < 1.29 is 0 Å². The fraction of sp³-hybridized carbons (Fsp3) is 1.00. The number of unbranched alkanes of at least 4 members (excludes halogenated alkanes) is 2. The van der Waals surface area contributed by atoms with Gasteiger partial charge in [-0.15, -0.1) is 0 Å². The minimum absolute atomic E-state index is 0.596. The van der Waals surface area contributed by atoms with Gasteiger partial charge in [0.05, 0.1) is 0 Å². The van der Waals surface area contributed by atoms with E-state index in [-0.39, 0.29) is 0 Å². The molecule has 0 aromatic heterocycles. The van der Waals surface area contributed by atoms with Crippen LogP contribution >= 0.6 is 0 Å². The summed E-state index contributed by atoms with van der Waals surface area (Å²) in [7, 11) is 2.04. The Kier molecular flexibility index (Phi) is 6.15. The zero-order valence-corrected chi connectivity index (χ0v) is 13.1. The zero-order valence-electron chi connectivity index (χ0n) is 13.1. The average molecular weight is 266 g/mol. The Bertz CT molecular complexity index is 240. The molecule has 0 spiro atoms. The van der Waals surface area contributed by atoms with Gasteiger partial charge in [0.25, 0.3) is 0 Å². The molecule has 2 rings (SSSR count). The van der Waals surface area contributed by atoms with E-state index in [2.05, 4.69) is 17.6 Å². The molecule has 2 aliphatic rings. The highest BCUT2D eigenvalue weighted by Gasteiger charge is 2.38. The second-order valence-corrected chi connectivity index (χ2v) is 7.46. The number of rotatable bonds is 8. The summed E-state index contributed by atoms with van der Waals surface area (Å²) in [6.45, 7) is 6.17. The lowest BCUT2D eigenvalue weighted by Crippen LogP contribution is -2.40. The van der Waals surface area contributed by atoms with Crippen molar-refractivity contribution in [3.8, 4) is 0 Å². The Morgan fingerprint density at radius 2 is 1.68 bits per heavy atom. The molecule has 0 radical (unpaired) electrons. The van der Waals surface area contributed by atoms with Crippen molar-refractivity contribution in [2.75, 3.05) is 26.7 Å². The first-order valence-corrected chi connectivity index (χ1v) is 8.57. The van der Waals surface area contributed by atoms with Crippen LogP contribution in [-0.2, 0) is 0 Å². The van der Waals surface area contributed by atoms with Crippen molar-refractivity contribution in [3.63, 3.8) is 0 Å². The van der Waals surface area contributed by atoms with Crippen LogP contribution in [0, 0.1) is 17.3 Å². The molecule has 2 fully saturated rings. The highest BCUT2D eigenvalue weighted by Crippen LogP contribution is 2.48. The third-order valence-corrected chi connectivity index (χ3v) is 5.29. The molecule has 0 heterocycles. The number of hydrogen-bond acceptors (Lipinski definition) is 2. The summed E-state index contributed by atoms with van der Waals surface area (Å²) in [6, 6.07) is 0. The van der Waals surface area contributed by atoms with Crippen molar-refractivity contribution in [2.45, 2.75) is 64.7 Å². The molecule has 0 aromatic rings. The van der Waals surface area contributed by atoms with E-state index in [9.17, 15) is 0 Å². The zero-order chi connectivity index (χ0) is 13.6. The van der Waals surface area contributed by atoms with Crippen molar-refractivity contribution in [1.82, 2.24) is 10.6 Å². The minimum atomic E-state index is 0.596. The van der Waals surface area contributed by atoms with E-state index in [0.29, 0.717) is 5.41 Å². The van der Waals surface area contributed by atoms with Crippen LogP contribution in [0.4, 0.5) is 0 Å². The standard InChI is InChI=1S/C17H34N2/c1-17(14-19-10-5-3-4-9-18-2)12-15-7-6-8-16(11-15)13-17/h15-16,18-19H,3-14H2,1-2H3. The van der Waals surface area contributed by atoms with E-state index in [1.54, 1.807) is 6.42 Å². The number of hydrogen-bond donors (Lipinski definition) is 2. The number of nitrogens with one attached hydrogen (secondary N) is 2. The molecule has 2 aliphatic carbocycles. The molecule has 0 amide bonds. The first-order chi connectivity index (χ1) is 9.22. The van der Waals surface area contributed by atoms with Crippen LogP contribution in [0.5, 0.6) is 0 Å². The van der Waals surface area contributed by atoms with E-state index >= 15 is 0 Å². The van der Waals surface area contributed by atoms with Gasteiger partial charge in [0.15, 0.2) is 0 Å². The number of fused-ring (bicyclic) bond motifs is 2. The average Bonchev–Trinajstić information content (AvgIpc) is 2.37. The summed E-state index contributed by atoms with van der Waals surface area (Å²) < 4.78 is 0. The molecule has 2 N–H and O–H groups in total. The van der Waals surface area contributed by atoms with Gasteiger partial charge in [0, 0.05) is 6.54 Å². The van der Waals surface area contributed by atoms with Gasteiger partial charge in [-0.05, 0) is 69.5 Å². The van der Waals surface area contributed by atoms with Gasteiger partial charge in [-0.25, -0.2) is 0 Å². The summed E-state index contributed by atoms with van der Waals surface area (Å²) in [5, 5.41) is 6.96. The second kappa shape index (κ2) is 7.64. The van der Waals surface area contributed by atoms with Crippen molar-refractivity contribution in [1.29, 1.82) is 0 Å². The maximum atomic E-state index is 3.74. The predicted octanol–water partition coefficient (Wildman–Crippen LogP) is 3.57. The minimum Gasteiger partial charge on any atom is -0.320 e. The van der Waals surface area contributed by atoms with E-state index < -0.39 is 0 Å². The molecule has 19 heavy (non-hydrogen) atoms. The molecule has 2 nitrogen and oxygen atoms in total. The molecule has 2 bridgehead atoms. The highest BCUT2D eigenvalue weighted by molar-refractivity contribution is 4.91. The maximum Gasteiger partial charge on any atom is 0.000536 e. The molecule has 0 aliphatic heterocycles. The van der Waals surface area contributed by atoms with E-state index in [4.69, 9.17) is 0 Å². The van der Waals surface area contributed by atoms with Crippen LogP contribution in [0.1, 0.15) is 64.7 Å². The molecule has 112 valence electrons. The van der Waals surface area contributed by atoms with Crippen LogP contribution in [0.2, 0.25) is 0 Å². The molecule has 0 saturated heterocycles. The van der Waals surface area contributed by atoms with Crippen LogP contribution in [0.25, 0.3) is 0 Å². The van der Waals surface area contributed by atoms with E-state index in [1.807, 2.05) is 7.05 Å². The van der Waals surface area contributed by atoms with Crippen LogP contribution < -0.4 is 10.6 Å². The summed E-state index contributed by atoms with van der Waals surface area (Å²) in [5.41, 5.74) is 0.596. The molecular formula is C17H34N2. The predicted molar refractivity (Wildman–Crippen MR) is 83.4 cm³/mol. The smallest absolute Gasteiger partial charge is 0.000536 e. The fourth-order valence-corrected chi connectivity index (χ4v) is 4.51. The fourth-order valence-electron chi connectivity index (χ4n) is 4.51. The summed E-state index contributed by atoms with van der Waals surface area (Å²) in [5.74, 6) is 2.10. The van der Waals surface area contributed by atoms with Gasteiger partial charge in [0.1, 0.15) is 0 Å². The summed E-state index contributed by atoms with van der Waals surface area (Å²) in [6.07, 6.45) is 13.0. The van der Waals surface area contributed by atoms with Crippen LogP contribution in [0.3, 0.4) is 0 Å². The molecule has 2 saturated carbocycles. The molecule has 0 aromatic carbocycles. The third kappa shape index (κ3) is 5.07. The van der Waals surface area contributed by atoms with Crippen molar-refractivity contribution in [3.05, 3.63) is 0 Å². The maximum absolute atomic E-state index is 3.74. The first kappa shape index (κ1) is 15.3. The Morgan fingerprint density at radius 3 is 2.37 bits per heavy atom. The molecule has 2 unspecified atom stereocenters. The van der Waals surface area contributed by atoms with E-state index in [0.717, 1.165) is 11.8 Å². The third-order valence-electron chi connectivity index (χ3n) is 5.29. The first-order valence-electron chi connectivity index (χ1n) is 8.57. The SMILES string of the molecule is CNCCCCCNCC1(C)CC2CCCC(C2)C1.